The van der Waals surface area contributed by atoms with Crippen LogP contribution in [0.2, 0.25) is 4.34 Å². The summed E-state index contributed by atoms with van der Waals surface area (Å²) in [5, 5.41) is 3.44. The largest absolute Gasteiger partial charge is 0.309 e. The predicted octanol–water partition coefficient (Wildman–Crippen LogP) is 3.25. The highest BCUT2D eigenvalue weighted by atomic mass is 35.5. The molecule has 2 heterocycles. The minimum atomic E-state index is 0. The van der Waals surface area contributed by atoms with Gasteiger partial charge in [-0.3, -0.25) is 0 Å². The SMILES string of the molecule is Cl.Clc1ccc([C@@H]2CCCN2)s1. The Labute approximate surface area is 87.5 Å². The van der Waals surface area contributed by atoms with Crippen LogP contribution in [-0.4, -0.2) is 6.54 Å². The minimum Gasteiger partial charge on any atom is -0.309 e. The molecule has 0 saturated carbocycles. The molecule has 4 heteroatoms. The molecule has 12 heavy (non-hydrogen) atoms. The van der Waals surface area contributed by atoms with Crippen LogP contribution < -0.4 is 5.32 Å². The van der Waals surface area contributed by atoms with Gasteiger partial charge in [0.1, 0.15) is 0 Å². The van der Waals surface area contributed by atoms with Crippen molar-refractivity contribution in [2.45, 2.75) is 18.9 Å². The second kappa shape index (κ2) is 4.47. The fourth-order valence-electron chi connectivity index (χ4n) is 1.44. The first-order valence-corrected chi connectivity index (χ1v) is 5.04. The summed E-state index contributed by atoms with van der Waals surface area (Å²) in [6.07, 6.45) is 2.55. The number of hydrogen-bond donors (Lipinski definition) is 1. The second-order valence-corrected chi connectivity index (χ2v) is 4.54. The van der Waals surface area contributed by atoms with Crippen molar-refractivity contribution in [3.8, 4) is 0 Å². The van der Waals surface area contributed by atoms with E-state index in [1.54, 1.807) is 11.3 Å². The van der Waals surface area contributed by atoms with Crippen LogP contribution in [0, 0.1) is 0 Å². The van der Waals surface area contributed by atoms with Gasteiger partial charge in [0, 0.05) is 10.9 Å². The molecule has 1 aliphatic rings. The zero-order valence-corrected chi connectivity index (χ0v) is 8.94. The maximum atomic E-state index is 5.83. The summed E-state index contributed by atoms with van der Waals surface area (Å²) in [7, 11) is 0. The highest BCUT2D eigenvalue weighted by molar-refractivity contribution is 7.16. The van der Waals surface area contributed by atoms with Gasteiger partial charge in [0.05, 0.1) is 4.34 Å². The molecule has 1 N–H and O–H groups in total. The third-order valence-electron chi connectivity index (χ3n) is 2.00. The highest BCUT2D eigenvalue weighted by Gasteiger charge is 2.17. The summed E-state index contributed by atoms with van der Waals surface area (Å²) in [6.45, 7) is 1.15. The molecule has 0 radical (unpaired) electrons. The van der Waals surface area contributed by atoms with Crippen LogP contribution in [0.25, 0.3) is 0 Å². The molecule has 1 aromatic rings. The highest BCUT2D eigenvalue weighted by Crippen LogP contribution is 2.31. The molecule has 1 fully saturated rings. The van der Waals surface area contributed by atoms with Gasteiger partial charge in [-0.05, 0) is 31.5 Å². The molecule has 0 aromatic carbocycles. The van der Waals surface area contributed by atoms with Crippen molar-refractivity contribution < 1.29 is 0 Å². The Bertz CT molecular complexity index is 243. The van der Waals surface area contributed by atoms with Gasteiger partial charge in [-0.15, -0.1) is 23.7 Å². The third-order valence-corrected chi connectivity index (χ3v) is 3.34. The molecule has 0 bridgehead atoms. The fourth-order valence-corrected chi connectivity index (χ4v) is 2.61. The summed E-state index contributed by atoms with van der Waals surface area (Å²) in [5.74, 6) is 0. The van der Waals surface area contributed by atoms with Crippen LogP contribution >= 0.6 is 35.3 Å². The van der Waals surface area contributed by atoms with Crippen LogP contribution in [0.4, 0.5) is 0 Å². The quantitative estimate of drug-likeness (QED) is 0.772. The molecular formula is C8H11Cl2NS. The van der Waals surface area contributed by atoms with Gasteiger partial charge in [-0.1, -0.05) is 11.6 Å². The normalized spacial score (nSPS) is 22.2. The zero-order chi connectivity index (χ0) is 7.68. The molecule has 1 saturated heterocycles. The Morgan fingerprint density at radius 2 is 2.33 bits per heavy atom. The van der Waals surface area contributed by atoms with E-state index in [1.807, 2.05) is 6.07 Å². The van der Waals surface area contributed by atoms with Gasteiger partial charge in [-0.25, -0.2) is 0 Å². The first-order chi connectivity index (χ1) is 5.36. The molecule has 1 atom stereocenters. The van der Waals surface area contributed by atoms with Crippen molar-refractivity contribution in [1.29, 1.82) is 0 Å². The summed E-state index contributed by atoms with van der Waals surface area (Å²) in [5.41, 5.74) is 0. The first-order valence-electron chi connectivity index (χ1n) is 3.85. The Kier molecular flexibility index (Phi) is 3.84. The van der Waals surface area contributed by atoms with Crippen LogP contribution in [0.5, 0.6) is 0 Å². The van der Waals surface area contributed by atoms with Crippen LogP contribution in [0.15, 0.2) is 12.1 Å². The van der Waals surface area contributed by atoms with Crippen molar-refractivity contribution in [3.63, 3.8) is 0 Å². The number of halogens is 2. The van der Waals surface area contributed by atoms with Gasteiger partial charge in [0.15, 0.2) is 0 Å². The van der Waals surface area contributed by atoms with Gasteiger partial charge >= 0.3 is 0 Å². The lowest BCUT2D eigenvalue weighted by atomic mass is 10.2. The van der Waals surface area contributed by atoms with E-state index < -0.39 is 0 Å². The topological polar surface area (TPSA) is 12.0 Å². The van der Waals surface area contributed by atoms with Crippen molar-refractivity contribution in [2.24, 2.45) is 0 Å². The molecule has 0 unspecified atom stereocenters. The molecule has 1 aromatic heterocycles. The van der Waals surface area contributed by atoms with E-state index in [4.69, 9.17) is 11.6 Å². The van der Waals surface area contributed by atoms with Gasteiger partial charge in [0.25, 0.3) is 0 Å². The molecule has 0 amide bonds. The first kappa shape index (κ1) is 10.3. The number of thiophene rings is 1. The molecule has 68 valence electrons. The molecule has 2 rings (SSSR count). The Morgan fingerprint density at radius 1 is 1.50 bits per heavy atom. The number of hydrogen-bond acceptors (Lipinski definition) is 2. The average Bonchev–Trinajstić information content (AvgIpc) is 2.55. The lowest BCUT2D eigenvalue weighted by molar-refractivity contribution is 0.660. The molecule has 0 spiro atoms. The van der Waals surface area contributed by atoms with E-state index in [9.17, 15) is 0 Å². The monoisotopic (exact) mass is 223 g/mol. The van der Waals surface area contributed by atoms with E-state index in [0.717, 1.165) is 10.9 Å². The van der Waals surface area contributed by atoms with Crippen LogP contribution in [0.1, 0.15) is 23.8 Å². The lowest BCUT2D eigenvalue weighted by Gasteiger charge is -2.05. The predicted molar refractivity (Wildman–Crippen MR) is 56.6 cm³/mol. The standard InChI is InChI=1S/C8H10ClNS.ClH/c9-8-4-3-7(11-8)6-2-1-5-10-6;/h3-4,6,10H,1-2,5H2;1H/t6-;/m0./s1. The maximum Gasteiger partial charge on any atom is 0.0931 e. The van der Waals surface area contributed by atoms with Crippen molar-refractivity contribution in [1.82, 2.24) is 5.32 Å². The fraction of sp³-hybridized carbons (Fsp3) is 0.500. The number of nitrogens with one attached hydrogen (secondary N) is 1. The van der Waals surface area contributed by atoms with E-state index in [-0.39, 0.29) is 12.4 Å². The van der Waals surface area contributed by atoms with Crippen molar-refractivity contribution in [3.05, 3.63) is 21.3 Å². The van der Waals surface area contributed by atoms with Crippen molar-refractivity contribution in [2.75, 3.05) is 6.54 Å². The zero-order valence-electron chi connectivity index (χ0n) is 6.55. The third kappa shape index (κ3) is 2.13. The van der Waals surface area contributed by atoms with Crippen LogP contribution in [0.3, 0.4) is 0 Å². The average molecular weight is 224 g/mol. The number of rotatable bonds is 1. The molecule has 1 nitrogen and oxygen atoms in total. The van der Waals surface area contributed by atoms with Gasteiger partial charge < -0.3 is 5.32 Å². The Hall–Kier alpha value is 0.240. The Balaban J connectivity index is 0.000000720. The van der Waals surface area contributed by atoms with Gasteiger partial charge in [0.2, 0.25) is 0 Å². The van der Waals surface area contributed by atoms with Gasteiger partial charge in [-0.2, -0.15) is 0 Å². The summed E-state index contributed by atoms with van der Waals surface area (Å²) < 4.78 is 0.897. The Morgan fingerprint density at radius 3 is 2.83 bits per heavy atom. The van der Waals surface area contributed by atoms with Crippen molar-refractivity contribution >= 4 is 35.3 Å². The maximum absolute atomic E-state index is 5.83. The minimum absolute atomic E-state index is 0. The summed E-state index contributed by atoms with van der Waals surface area (Å²) in [4.78, 5) is 1.38. The van der Waals surface area contributed by atoms with E-state index in [1.165, 1.54) is 17.7 Å². The molecule has 0 aliphatic carbocycles. The molecular weight excluding hydrogens is 213 g/mol. The summed E-state index contributed by atoms with van der Waals surface area (Å²) in [6, 6.07) is 4.67. The van der Waals surface area contributed by atoms with E-state index in [2.05, 4.69) is 11.4 Å². The smallest absolute Gasteiger partial charge is 0.0931 e. The molecule has 1 aliphatic heterocycles. The van der Waals surface area contributed by atoms with E-state index >= 15 is 0 Å². The van der Waals surface area contributed by atoms with Crippen LogP contribution in [-0.2, 0) is 0 Å². The van der Waals surface area contributed by atoms with E-state index in [0.29, 0.717) is 6.04 Å². The second-order valence-electron chi connectivity index (χ2n) is 2.79. The lowest BCUT2D eigenvalue weighted by Crippen LogP contribution is -2.11. The summed E-state index contributed by atoms with van der Waals surface area (Å²) >= 11 is 7.52.